The van der Waals surface area contributed by atoms with Gasteiger partial charge in [-0.2, -0.15) is 0 Å². The summed E-state index contributed by atoms with van der Waals surface area (Å²) in [5.74, 6) is 0.912. The molecule has 2 aliphatic rings. The highest BCUT2D eigenvalue weighted by Gasteiger charge is 2.61. The molecule has 3 atom stereocenters. The Kier molecular flexibility index (Phi) is 3.65. The molecule has 2 aromatic carbocycles. The smallest absolute Gasteiger partial charge is 0.00208 e. The van der Waals surface area contributed by atoms with Crippen molar-refractivity contribution in [3.05, 3.63) is 60.7 Å². The molecule has 0 aromatic heterocycles. The summed E-state index contributed by atoms with van der Waals surface area (Å²) in [6.07, 6.45) is 4.29. The van der Waals surface area contributed by atoms with Gasteiger partial charge < -0.3 is 0 Å². The fraction of sp³-hybridized carbons (Fsp3) is 0.455. The number of fused-ring (bicyclic) bond motifs is 2. The van der Waals surface area contributed by atoms with E-state index in [0.29, 0.717) is 10.8 Å². The maximum Gasteiger partial charge on any atom is -0.00208 e. The maximum absolute atomic E-state index is 2.58. The molecule has 4 rings (SSSR count). The second-order valence-electron chi connectivity index (χ2n) is 8.36. The molecule has 0 saturated heterocycles. The van der Waals surface area contributed by atoms with Gasteiger partial charge >= 0.3 is 0 Å². The van der Waals surface area contributed by atoms with Gasteiger partial charge in [-0.1, -0.05) is 81.4 Å². The third kappa shape index (κ3) is 2.38. The van der Waals surface area contributed by atoms with E-state index in [1.807, 2.05) is 0 Å². The van der Waals surface area contributed by atoms with Gasteiger partial charge in [0.15, 0.2) is 0 Å². The largest absolute Gasteiger partial charge is 0.0622 e. The van der Waals surface area contributed by atoms with Crippen LogP contribution in [0.4, 0.5) is 0 Å². The molecule has 0 N–H and O–H groups in total. The van der Waals surface area contributed by atoms with Gasteiger partial charge in [-0.05, 0) is 60.2 Å². The zero-order valence-corrected chi connectivity index (χ0v) is 15.4. The highest BCUT2D eigenvalue weighted by atomic mass is 31.1. The van der Waals surface area contributed by atoms with Crippen LogP contribution in [0.2, 0.25) is 0 Å². The van der Waals surface area contributed by atoms with E-state index in [-0.39, 0.29) is 7.92 Å². The Labute approximate surface area is 142 Å². The molecule has 1 heteroatoms. The predicted octanol–water partition coefficient (Wildman–Crippen LogP) is 5.33. The van der Waals surface area contributed by atoms with Gasteiger partial charge in [0.1, 0.15) is 0 Å². The van der Waals surface area contributed by atoms with Crippen LogP contribution < -0.4 is 10.6 Å². The number of rotatable bonds is 3. The monoisotopic (exact) mass is 322 g/mol. The summed E-state index contributed by atoms with van der Waals surface area (Å²) < 4.78 is 0. The van der Waals surface area contributed by atoms with Crippen molar-refractivity contribution in [2.24, 2.45) is 16.7 Å². The lowest BCUT2D eigenvalue weighted by Gasteiger charge is -2.47. The third-order valence-corrected chi connectivity index (χ3v) is 10.0. The van der Waals surface area contributed by atoms with Crippen molar-refractivity contribution in [2.45, 2.75) is 45.7 Å². The van der Waals surface area contributed by atoms with Crippen LogP contribution in [0.15, 0.2) is 60.7 Å². The molecule has 120 valence electrons. The van der Waals surface area contributed by atoms with Gasteiger partial charge in [-0.15, -0.1) is 0 Å². The maximum atomic E-state index is 2.58. The Balaban J connectivity index is 1.86. The molecule has 0 heterocycles. The van der Waals surface area contributed by atoms with Crippen LogP contribution in [0.1, 0.15) is 40.0 Å². The summed E-state index contributed by atoms with van der Waals surface area (Å²) in [5, 5.41) is 3.11. The van der Waals surface area contributed by atoms with Crippen molar-refractivity contribution < 1.29 is 0 Å². The predicted molar refractivity (Wildman–Crippen MR) is 102 cm³/mol. The molecule has 2 bridgehead atoms. The van der Waals surface area contributed by atoms with Crippen LogP contribution >= 0.6 is 7.92 Å². The van der Waals surface area contributed by atoms with Crippen LogP contribution in [0.3, 0.4) is 0 Å². The van der Waals surface area contributed by atoms with Crippen LogP contribution in [-0.2, 0) is 0 Å². The Morgan fingerprint density at radius 1 is 0.826 bits per heavy atom. The van der Waals surface area contributed by atoms with E-state index < -0.39 is 0 Å². The Hall–Kier alpha value is -1.13. The number of benzene rings is 2. The zero-order valence-electron chi connectivity index (χ0n) is 14.5. The molecule has 2 fully saturated rings. The second kappa shape index (κ2) is 5.45. The minimum Gasteiger partial charge on any atom is -0.0622 e. The molecule has 0 nitrogen and oxygen atoms in total. The molecule has 2 saturated carbocycles. The third-order valence-electron chi connectivity index (χ3n) is 6.52. The van der Waals surface area contributed by atoms with Crippen LogP contribution in [-0.4, -0.2) is 5.66 Å². The molecule has 0 unspecified atom stereocenters. The first-order valence-corrected chi connectivity index (χ1v) is 10.3. The highest BCUT2D eigenvalue weighted by molar-refractivity contribution is 7.73. The fourth-order valence-electron chi connectivity index (χ4n) is 5.54. The average Bonchev–Trinajstić information content (AvgIpc) is 3.04. The van der Waals surface area contributed by atoms with Gasteiger partial charge in [0.05, 0.1) is 0 Å². The number of hydrogen-bond acceptors (Lipinski definition) is 0. The van der Waals surface area contributed by atoms with Gasteiger partial charge in [0, 0.05) is 0 Å². The molecular formula is C22H27P. The SMILES string of the molecule is CC1(C)[C@H]2CC[C@@](C)(C2)[C@H]1P(c1ccccc1)c1ccccc1. The Bertz CT molecular complexity index is 631. The van der Waals surface area contributed by atoms with Crippen molar-refractivity contribution in [2.75, 3.05) is 0 Å². The summed E-state index contributed by atoms with van der Waals surface area (Å²) >= 11 is 0. The molecule has 0 radical (unpaired) electrons. The molecular weight excluding hydrogens is 295 g/mol. The lowest BCUT2D eigenvalue weighted by molar-refractivity contribution is 0.192. The Morgan fingerprint density at radius 3 is 1.78 bits per heavy atom. The normalized spacial score (nSPS) is 31.7. The van der Waals surface area contributed by atoms with E-state index in [9.17, 15) is 0 Å². The zero-order chi connectivity index (χ0) is 16.1. The van der Waals surface area contributed by atoms with Crippen LogP contribution in [0.25, 0.3) is 0 Å². The van der Waals surface area contributed by atoms with Crippen molar-refractivity contribution in [3.63, 3.8) is 0 Å². The lowest BCUT2D eigenvalue weighted by Crippen LogP contribution is -2.42. The van der Waals surface area contributed by atoms with Crippen LogP contribution in [0.5, 0.6) is 0 Å². The highest BCUT2D eigenvalue weighted by Crippen LogP contribution is 2.71. The standard InChI is InChI=1S/C22H27P/c1-21(2)17-14-15-22(3,16-17)20(21)23(18-10-6-4-7-11-18)19-12-8-5-9-13-19/h4-13,17,20H,14-16H2,1-3H3/t17-,20-,22-/m0/s1. The van der Waals surface area contributed by atoms with E-state index >= 15 is 0 Å². The van der Waals surface area contributed by atoms with Gasteiger partial charge in [-0.3, -0.25) is 0 Å². The molecule has 0 amide bonds. The fourth-order valence-corrected chi connectivity index (χ4v) is 9.16. The summed E-state index contributed by atoms with van der Waals surface area (Å²) in [5.41, 5.74) is 1.75. The average molecular weight is 322 g/mol. The lowest BCUT2D eigenvalue weighted by atomic mass is 9.72. The van der Waals surface area contributed by atoms with Gasteiger partial charge in [0.2, 0.25) is 0 Å². The summed E-state index contributed by atoms with van der Waals surface area (Å²) in [4.78, 5) is 0. The molecule has 2 aromatic rings. The molecule has 0 aliphatic heterocycles. The summed E-state index contributed by atoms with van der Waals surface area (Å²) in [6.45, 7) is 7.68. The van der Waals surface area contributed by atoms with Gasteiger partial charge in [0.25, 0.3) is 0 Å². The Morgan fingerprint density at radius 2 is 1.35 bits per heavy atom. The van der Waals surface area contributed by atoms with E-state index in [1.165, 1.54) is 19.3 Å². The van der Waals surface area contributed by atoms with Crippen molar-refractivity contribution >= 4 is 18.5 Å². The van der Waals surface area contributed by atoms with E-state index in [0.717, 1.165) is 11.6 Å². The van der Waals surface area contributed by atoms with Crippen molar-refractivity contribution in [3.8, 4) is 0 Å². The second-order valence-corrected chi connectivity index (χ2v) is 10.6. The quantitative estimate of drug-likeness (QED) is 0.670. The summed E-state index contributed by atoms with van der Waals surface area (Å²) in [6, 6.07) is 22.6. The minimum atomic E-state index is -0.303. The van der Waals surface area contributed by atoms with Crippen LogP contribution in [0, 0.1) is 16.7 Å². The molecule has 23 heavy (non-hydrogen) atoms. The minimum absolute atomic E-state index is 0.303. The van der Waals surface area contributed by atoms with E-state index in [4.69, 9.17) is 0 Å². The summed E-state index contributed by atoms with van der Waals surface area (Å²) in [7, 11) is -0.303. The van der Waals surface area contributed by atoms with Crippen molar-refractivity contribution in [1.82, 2.24) is 0 Å². The van der Waals surface area contributed by atoms with Crippen molar-refractivity contribution in [1.29, 1.82) is 0 Å². The van der Waals surface area contributed by atoms with Gasteiger partial charge in [-0.25, -0.2) is 0 Å². The first-order chi connectivity index (χ1) is 11.0. The first kappa shape index (κ1) is 15.4. The van der Waals surface area contributed by atoms with E-state index in [1.54, 1.807) is 10.6 Å². The molecule has 0 spiro atoms. The number of hydrogen-bond donors (Lipinski definition) is 0. The van der Waals surface area contributed by atoms with E-state index in [2.05, 4.69) is 81.4 Å². The first-order valence-electron chi connectivity index (χ1n) is 8.92. The molecule has 2 aliphatic carbocycles. The topological polar surface area (TPSA) is 0 Å².